The summed E-state index contributed by atoms with van der Waals surface area (Å²) >= 11 is 0. The van der Waals surface area contributed by atoms with E-state index in [1.54, 1.807) is 57.2 Å². The maximum Gasteiger partial charge on any atom is 0.407 e. The number of hydrogen-bond donors (Lipinski definition) is 3. The van der Waals surface area contributed by atoms with Crippen LogP contribution in [-0.2, 0) is 14.3 Å². The van der Waals surface area contributed by atoms with Gasteiger partial charge in [-0.3, -0.25) is 9.59 Å². The highest BCUT2D eigenvalue weighted by Crippen LogP contribution is 2.21. The Hall–Kier alpha value is -3.68. The quantitative estimate of drug-likeness (QED) is 0.573. The predicted octanol–water partition coefficient (Wildman–Crippen LogP) is 4.33. The molecule has 7 nitrogen and oxygen atoms in total. The number of ether oxygens (including phenoxy) is 1. The molecule has 0 fully saturated rings. The van der Waals surface area contributed by atoms with Crippen molar-refractivity contribution in [3.05, 3.63) is 66.0 Å². The first-order valence-corrected chi connectivity index (χ1v) is 9.73. The standard InChI is InChI=1S/C23H26FN3O4/c1-23(2,3)31-22(30)25-14-13-21(29)27-19-10-5-4-9-18(19)26-20(28)12-11-16-7-6-8-17(24)15-16/h4-12,15H,13-14H2,1-3H3,(H,25,30)(H,26,28)(H,27,29)/b12-11+. The Kier molecular flexibility index (Phi) is 8.31. The normalized spacial score (nSPS) is 11.1. The molecule has 8 heteroatoms. The van der Waals surface area contributed by atoms with Gasteiger partial charge in [0, 0.05) is 19.0 Å². The van der Waals surface area contributed by atoms with Crippen molar-refractivity contribution in [3.63, 3.8) is 0 Å². The number of carbonyl (C=O) groups excluding carboxylic acids is 3. The van der Waals surface area contributed by atoms with Crippen molar-refractivity contribution in [1.29, 1.82) is 0 Å². The smallest absolute Gasteiger partial charge is 0.407 e. The van der Waals surface area contributed by atoms with E-state index in [-0.39, 0.29) is 18.9 Å². The van der Waals surface area contributed by atoms with Crippen LogP contribution >= 0.6 is 0 Å². The van der Waals surface area contributed by atoms with Gasteiger partial charge in [0.1, 0.15) is 11.4 Å². The first-order chi connectivity index (χ1) is 14.6. The van der Waals surface area contributed by atoms with Gasteiger partial charge in [0.15, 0.2) is 0 Å². The molecule has 0 spiro atoms. The number of hydrogen-bond acceptors (Lipinski definition) is 4. The van der Waals surface area contributed by atoms with Gasteiger partial charge in [0.05, 0.1) is 11.4 Å². The molecule has 31 heavy (non-hydrogen) atoms. The summed E-state index contributed by atoms with van der Waals surface area (Å²) in [6.45, 7) is 5.35. The SMILES string of the molecule is CC(C)(C)OC(=O)NCCC(=O)Nc1ccccc1NC(=O)/C=C/c1cccc(F)c1. The molecule has 0 atom stereocenters. The molecular weight excluding hydrogens is 401 g/mol. The molecule has 0 heterocycles. The van der Waals surface area contributed by atoms with Gasteiger partial charge in [-0.2, -0.15) is 0 Å². The minimum Gasteiger partial charge on any atom is -0.444 e. The topological polar surface area (TPSA) is 96.5 Å². The maximum atomic E-state index is 13.2. The number of benzene rings is 2. The molecule has 3 amide bonds. The third-order valence-corrected chi connectivity index (χ3v) is 3.76. The molecule has 0 bridgehead atoms. The Morgan fingerprint density at radius 1 is 1.00 bits per heavy atom. The van der Waals surface area contributed by atoms with Crippen molar-refractivity contribution in [1.82, 2.24) is 5.32 Å². The zero-order chi connectivity index (χ0) is 22.9. The predicted molar refractivity (Wildman–Crippen MR) is 118 cm³/mol. The molecule has 0 saturated carbocycles. The molecule has 0 aliphatic heterocycles. The van der Waals surface area contributed by atoms with E-state index in [1.165, 1.54) is 24.3 Å². The van der Waals surface area contributed by atoms with E-state index >= 15 is 0 Å². The number of halogens is 1. The van der Waals surface area contributed by atoms with Crippen LogP contribution in [0.4, 0.5) is 20.6 Å². The van der Waals surface area contributed by atoms with Crippen LogP contribution < -0.4 is 16.0 Å². The van der Waals surface area contributed by atoms with Crippen molar-refractivity contribution in [3.8, 4) is 0 Å². The summed E-state index contributed by atoms with van der Waals surface area (Å²) in [5.41, 5.74) is 0.753. The molecular formula is C23H26FN3O4. The van der Waals surface area contributed by atoms with Gasteiger partial charge in [0.25, 0.3) is 0 Å². The van der Waals surface area contributed by atoms with Gasteiger partial charge < -0.3 is 20.7 Å². The van der Waals surface area contributed by atoms with Crippen LogP contribution in [0, 0.1) is 5.82 Å². The highest BCUT2D eigenvalue weighted by Gasteiger charge is 2.16. The summed E-state index contributed by atoms with van der Waals surface area (Å²) in [5.74, 6) is -1.16. The molecule has 0 aliphatic rings. The number of carbonyl (C=O) groups is 3. The number of anilines is 2. The van der Waals surface area contributed by atoms with E-state index in [0.29, 0.717) is 16.9 Å². The monoisotopic (exact) mass is 427 g/mol. The van der Waals surface area contributed by atoms with E-state index in [9.17, 15) is 18.8 Å². The van der Waals surface area contributed by atoms with Crippen molar-refractivity contribution in [2.75, 3.05) is 17.2 Å². The lowest BCUT2D eigenvalue weighted by atomic mass is 10.2. The Balaban J connectivity index is 1.89. The molecule has 0 aromatic heterocycles. The van der Waals surface area contributed by atoms with Gasteiger partial charge in [-0.05, 0) is 56.7 Å². The Morgan fingerprint density at radius 2 is 1.68 bits per heavy atom. The molecule has 0 aliphatic carbocycles. The first-order valence-electron chi connectivity index (χ1n) is 9.73. The van der Waals surface area contributed by atoms with Crippen molar-refractivity contribution in [2.45, 2.75) is 32.8 Å². The van der Waals surface area contributed by atoms with E-state index < -0.39 is 23.4 Å². The van der Waals surface area contributed by atoms with E-state index in [4.69, 9.17) is 4.74 Å². The second-order valence-corrected chi connectivity index (χ2v) is 7.65. The fourth-order valence-electron chi connectivity index (χ4n) is 2.46. The zero-order valence-corrected chi connectivity index (χ0v) is 17.7. The van der Waals surface area contributed by atoms with Crippen LogP contribution in [0.5, 0.6) is 0 Å². The third-order valence-electron chi connectivity index (χ3n) is 3.76. The van der Waals surface area contributed by atoms with E-state index in [0.717, 1.165) is 0 Å². The summed E-state index contributed by atoms with van der Waals surface area (Å²) in [5, 5.41) is 7.89. The molecule has 164 valence electrons. The highest BCUT2D eigenvalue weighted by atomic mass is 19.1. The van der Waals surface area contributed by atoms with Crippen LogP contribution in [0.25, 0.3) is 6.08 Å². The second-order valence-electron chi connectivity index (χ2n) is 7.65. The summed E-state index contributed by atoms with van der Waals surface area (Å²) in [6, 6.07) is 12.6. The average Bonchev–Trinajstić information content (AvgIpc) is 2.66. The molecule has 2 aromatic carbocycles. The molecule has 2 aromatic rings. The van der Waals surface area contributed by atoms with Crippen LogP contribution in [0.2, 0.25) is 0 Å². The summed E-state index contributed by atoms with van der Waals surface area (Å²) in [4.78, 5) is 36.0. The largest absolute Gasteiger partial charge is 0.444 e. The fourth-order valence-corrected chi connectivity index (χ4v) is 2.46. The lowest BCUT2D eigenvalue weighted by molar-refractivity contribution is -0.116. The maximum absolute atomic E-state index is 13.2. The summed E-state index contributed by atoms with van der Waals surface area (Å²) in [7, 11) is 0. The molecule has 3 N–H and O–H groups in total. The van der Waals surface area contributed by atoms with Gasteiger partial charge in [-0.15, -0.1) is 0 Å². The van der Waals surface area contributed by atoms with Gasteiger partial charge in [-0.25, -0.2) is 9.18 Å². The highest BCUT2D eigenvalue weighted by molar-refractivity contribution is 6.05. The van der Waals surface area contributed by atoms with Gasteiger partial charge >= 0.3 is 6.09 Å². The number of amides is 3. The fraction of sp³-hybridized carbons (Fsp3) is 0.261. The Morgan fingerprint density at radius 3 is 2.32 bits per heavy atom. The summed E-state index contributed by atoms with van der Waals surface area (Å²) < 4.78 is 18.3. The first kappa shape index (κ1) is 23.6. The number of nitrogens with one attached hydrogen (secondary N) is 3. The zero-order valence-electron chi connectivity index (χ0n) is 17.7. The Labute approximate surface area is 180 Å². The van der Waals surface area contributed by atoms with E-state index in [2.05, 4.69) is 16.0 Å². The van der Waals surface area contributed by atoms with Crippen molar-refractivity contribution < 1.29 is 23.5 Å². The van der Waals surface area contributed by atoms with E-state index in [1.807, 2.05) is 0 Å². The van der Waals surface area contributed by atoms with Gasteiger partial charge in [0.2, 0.25) is 11.8 Å². The minimum absolute atomic E-state index is 0.0288. The molecule has 2 rings (SSSR count). The number of para-hydroxylation sites is 2. The minimum atomic E-state index is -0.618. The number of rotatable bonds is 7. The van der Waals surface area contributed by atoms with Crippen molar-refractivity contribution in [2.24, 2.45) is 0 Å². The molecule has 0 saturated heterocycles. The lowest BCUT2D eigenvalue weighted by Crippen LogP contribution is -2.34. The Bertz CT molecular complexity index is 967. The van der Waals surface area contributed by atoms with Crippen LogP contribution in [0.3, 0.4) is 0 Å². The van der Waals surface area contributed by atoms with Crippen LogP contribution in [-0.4, -0.2) is 30.1 Å². The summed E-state index contributed by atoms with van der Waals surface area (Å²) in [6.07, 6.45) is 2.19. The average molecular weight is 427 g/mol. The van der Waals surface area contributed by atoms with Crippen molar-refractivity contribution >= 4 is 35.4 Å². The molecule has 0 unspecified atom stereocenters. The van der Waals surface area contributed by atoms with Gasteiger partial charge in [-0.1, -0.05) is 24.3 Å². The molecule has 0 radical (unpaired) electrons. The lowest BCUT2D eigenvalue weighted by Gasteiger charge is -2.19. The van der Waals surface area contributed by atoms with Crippen LogP contribution in [0.1, 0.15) is 32.8 Å². The third kappa shape index (κ3) is 9.12. The second kappa shape index (κ2) is 10.9. The number of alkyl carbamates (subject to hydrolysis) is 1. The van der Waals surface area contributed by atoms with Crippen LogP contribution in [0.15, 0.2) is 54.6 Å².